The van der Waals surface area contributed by atoms with Crippen molar-refractivity contribution in [2.45, 2.75) is 31.4 Å². The Balaban J connectivity index is 1.67. The predicted molar refractivity (Wildman–Crippen MR) is 123 cm³/mol. The number of aromatic nitrogens is 5. The number of allylic oxidation sites excluding steroid dienone is 1. The number of benzene rings is 1. The molecule has 10 heteroatoms. The van der Waals surface area contributed by atoms with Gasteiger partial charge in [-0.2, -0.15) is 5.10 Å². The Morgan fingerprint density at radius 3 is 2.71 bits per heavy atom. The normalized spacial score (nSPS) is 11.0. The second-order valence-corrected chi connectivity index (χ2v) is 8.92. The molecule has 3 heterocycles. The number of nitrogens with zero attached hydrogens (tertiary/aromatic N) is 6. The summed E-state index contributed by atoms with van der Waals surface area (Å²) in [4.78, 5) is 11.6. The summed E-state index contributed by atoms with van der Waals surface area (Å²) < 4.78 is 3.52. The maximum absolute atomic E-state index is 10.9. The minimum absolute atomic E-state index is 0.0367. The van der Waals surface area contributed by atoms with Crippen LogP contribution in [0.1, 0.15) is 10.4 Å². The summed E-state index contributed by atoms with van der Waals surface area (Å²) in [5.74, 6) is 1.16. The molecule has 0 fully saturated rings. The molecular weight excluding hydrogens is 432 g/mol. The van der Waals surface area contributed by atoms with E-state index in [1.54, 1.807) is 17.4 Å². The smallest absolute Gasteiger partial charge is 0.298 e. The number of hydrogen-bond donors (Lipinski definition) is 0. The van der Waals surface area contributed by atoms with Crippen LogP contribution in [0.25, 0.3) is 22.5 Å². The van der Waals surface area contributed by atoms with Crippen LogP contribution < -0.4 is 0 Å². The first-order valence-electron chi connectivity index (χ1n) is 9.47. The predicted octanol–water partition coefficient (Wildman–Crippen LogP) is 5.33. The summed E-state index contributed by atoms with van der Waals surface area (Å²) in [5, 5.41) is 26.6. The topological polar surface area (TPSA) is 91.7 Å². The third-order valence-electron chi connectivity index (χ3n) is 4.74. The maximum Gasteiger partial charge on any atom is 0.307 e. The summed E-state index contributed by atoms with van der Waals surface area (Å²) in [7, 11) is 0. The minimum atomic E-state index is -0.460. The molecule has 31 heavy (non-hydrogen) atoms. The summed E-state index contributed by atoms with van der Waals surface area (Å²) in [6.45, 7) is 8.60. The summed E-state index contributed by atoms with van der Waals surface area (Å²) >= 11 is 3.10. The maximum atomic E-state index is 10.9. The van der Waals surface area contributed by atoms with E-state index in [1.165, 1.54) is 39.3 Å². The van der Waals surface area contributed by atoms with Gasteiger partial charge >= 0.3 is 5.69 Å². The first kappa shape index (κ1) is 21.0. The molecule has 158 valence electrons. The van der Waals surface area contributed by atoms with Crippen LogP contribution in [0.2, 0.25) is 0 Å². The second-order valence-electron chi connectivity index (χ2n) is 6.92. The van der Waals surface area contributed by atoms with Gasteiger partial charge in [0.05, 0.1) is 10.8 Å². The van der Waals surface area contributed by atoms with Crippen molar-refractivity contribution >= 4 is 28.8 Å². The highest BCUT2D eigenvalue weighted by Gasteiger charge is 2.20. The fraction of sp³-hybridized carbons (Fsp3) is 0.190. The van der Waals surface area contributed by atoms with Crippen molar-refractivity contribution in [1.29, 1.82) is 0 Å². The monoisotopic (exact) mass is 452 g/mol. The van der Waals surface area contributed by atoms with Gasteiger partial charge in [0.25, 0.3) is 0 Å². The molecule has 0 saturated carbocycles. The van der Waals surface area contributed by atoms with E-state index in [0.29, 0.717) is 17.6 Å². The molecule has 0 aliphatic carbocycles. The molecule has 0 aliphatic rings. The van der Waals surface area contributed by atoms with Gasteiger partial charge in [-0.25, -0.2) is 0 Å². The van der Waals surface area contributed by atoms with Crippen molar-refractivity contribution in [3.8, 4) is 22.5 Å². The Bertz CT molecular complexity index is 1240. The van der Waals surface area contributed by atoms with Crippen LogP contribution in [0.15, 0.2) is 59.9 Å². The van der Waals surface area contributed by atoms with Crippen molar-refractivity contribution < 1.29 is 4.92 Å². The molecule has 0 aliphatic heterocycles. The third-order valence-corrected chi connectivity index (χ3v) is 6.61. The van der Waals surface area contributed by atoms with Gasteiger partial charge in [-0.05, 0) is 19.4 Å². The molecule has 0 unspecified atom stereocenters. The summed E-state index contributed by atoms with van der Waals surface area (Å²) in [5.41, 5.74) is 4.51. The number of nitro groups is 1. The van der Waals surface area contributed by atoms with E-state index in [0.717, 1.165) is 22.5 Å². The zero-order valence-corrected chi connectivity index (χ0v) is 18.7. The standard InChI is InChI=1S/C21H20N6O2S2/c1-4-9-26-20(18-12-30-15(3)19(18)16-7-5-14(2)6-8-16)23-24-21(26)31-13-25-11-17(10-22-25)27(28)29/h4-8,10-12H,1,9,13H2,2-3H3. The molecule has 0 radical (unpaired) electrons. The minimum Gasteiger partial charge on any atom is -0.298 e. The van der Waals surface area contributed by atoms with Crippen LogP contribution in [-0.2, 0) is 12.4 Å². The highest BCUT2D eigenvalue weighted by molar-refractivity contribution is 7.98. The van der Waals surface area contributed by atoms with Crippen molar-refractivity contribution in [2.24, 2.45) is 0 Å². The molecule has 4 rings (SSSR count). The van der Waals surface area contributed by atoms with E-state index in [9.17, 15) is 10.1 Å². The lowest BCUT2D eigenvalue weighted by Gasteiger charge is -2.10. The number of thioether (sulfide) groups is 1. The fourth-order valence-corrected chi connectivity index (χ4v) is 4.90. The first-order valence-corrected chi connectivity index (χ1v) is 11.3. The molecule has 8 nitrogen and oxygen atoms in total. The van der Waals surface area contributed by atoms with E-state index in [4.69, 9.17) is 0 Å². The van der Waals surface area contributed by atoms with Crippen LogP contribution in [0.3, 0.4) is 0 Å². The average molecular weight is 453 g/mol. The van der Waals surface area contributed by atoms with Crippen LogP contribution in [0.5, 0.6) is 0 Å². The fourth-order valence-electron chi connectivity index (χ4n) is 3.23. The lowest BCUT2D eigenvalue weighted by Crippen LogP contribution is -2.02. The highest BCUT2D eigenvalue weighted by Crippen LogP contribution is 2.39. The molecule has 0 atom stereocenters. The Morgan fingerprint density at radius 1 is 1.26 bits per heavy atom. The van der Waals surface area contributed by atoms with Crippen molar-refractivity contribution in [3.05, 3.63) is 75.2 Å². The van der Waals surface area contributed by atoms with E-state index in [1.807, 2.05) is 4.57 Å². The largest absolute Gasteiger partial charge is 0.307 e. The van der Waals surface area contributed by atoms with Gasteiger partial charge < -0.3 is 0 Å². The first-order chi connectivity index (χ1) is 15.0. The molecule has 0 saturated heterocycles. The molecule has 4 aromatic rings. The quantitative estimate of drug-likeness (QED) is 0.155. The SMILES string of the molecule is C=CCn1c(SCn2cc([N+](=O)[O-])cn2)nnc1-c1csc(C)c1-c1ccc(C)cc1. The number of hydrogen-bond acceptors (Lipinski definition) is 7. The Kier molecular flexibility index (Phi) is 6.01. The molecule has 3 aromatic heterocycles. The molecular formula is C21H20N6O2S2. The van der Waals surface area contributed by atoms with Gasteiger partial charge in [0.1, 0.15) is 12.4 Å². The van der Waals surface area contributed by atoms with Crippen LogP contribution in [-0.4, -0.2) is 29.5 Å². The zero-order chi connectivity index (χ0) is 22.0. The molecule has 1 aromatic carbocycles. The van der Waals surface area contributed by atoms with Gasteiger partial charge in [-0.3, -0.25) is 19.4 Å². The number of thiophene rings is 1. The lowest BCUT2D eigenvalue weighted by atomic mass is 10.0. The van der Waals surface area contributed by atoms with Crippen LogP contribution in [0, 0.1) is 24.0 Å². The highest BCUT2D eigenvalue weighted by atomic mass is 32.2. The average Bonchev–Trinajstić information content (AvgIpc) is 3.46. The van der Waals surface area contributed by atoms with Gasteiger partial charge in [-0.15, -0.1) is 28.1 Å². The van der Waals surface area contributed by atoms with E-state index in [-0.39, 0.29) is 5.69 Å². The Labute approximate surface area is 187 Å². The van der Waals surface area contributed by atoms with E-state index in [2.05, 4.69) is 65.4 Å². The Hall–Kier alpha value is -3.24. The number of aryl methyl sites for hydroxylation is 2. The van der Waals surface area contributed by atoms with Crippen LogP contribution in [0.4, 0.5) is 5.69 Å². The van der Waals surface area contributed by atoms with Crippen molar-refractivity contribution in [3.63, 3.8) is 0 Å². The Morgan fingerprint density at radius 2 is 2.03 bits per heavy atom. The zero-order valence-electron chi connectivity index (χ0n) is 17.1. The number of rotatable bonds is 8. The molecule has 0 bridgehead atoms. The van der Waals surface area contributed by atoms with Gasteiger partial charge in [0, 0.05) is 27.9 Å². The lowest BCUT2D eigenvalue weighted by molar-refractivity contribution is -0.385. The van der Waals surface area contributed by atoms with Crippen LogP contribution >= 0.6 is 23.1 Å². The van der Waals surface area contributed by atoms with Gasteiger partial charge in [0.2, 0.25) is 0 Å². The molecule has 0 spiro atoms. The van der Waals surface area contributed by atoms with Crippen molar-refractivity contribution in [2.75, 3.05) is 0 Å². The third kappa shape index (κ3) is 4.30. The van der Waals surface area contributed by atoms with E-state index >= 15 is 0 Å². The summed E-state index contributed by atoms with van der Waals surface area (Å²) in [6.07, 6.45) is 4.45. The molecule has 0 N–H and O–H groups in total. The van der Waals surface area contributed by atoms with Crippen molar-refractivity contribution in [1.82, 2.24) is 24.5 Å². The summed E-state index contributed by atoms with van der Waals surface area (Å²) in [6, 6.07) is 8.47. The van der Waals surface area contributed by atoms with E-state index < -0.39 is 4.92 Å². The molecule has 0 amide bonds. The second kappa shape index (κ2) is 8.86. The van der Waals surface area contributed by atoms with Gasteiger partial charge in [-0.1, -0.05) is 47.7 Å². The van der Waals surface area contributed by atoms with Gasteiger partial charge in [0.15, 0.2) is 11.0 Å².